The van der Waals surface area contributed by atoms with Gasteiger partial charge in [0.25, 0.3) is 0 Å². The van der Waals surface area contributed by atoms with Gasteiger partial charge in [0, 0.05) is 12.5 Å². The molecule has 0 unspecified atom stereocenters. The smallest absolute Gasteiger partial charge is 0.198 e. The van der Waals surface area contributed by atoms with E-state index < -0.39 is 0 Å². The molecule has 5 heteroatoms. The van der Waals surface area contributed by atoms with Gasteiger partial charge >= 0.3 is 0 Å². The van der Waals surface area contributed by atoms with Crippen LogP contribution in [0, 0.1) is 4.77 Å². The topological polar surface area (TPSA) is 46.8 Å². The van der Waals surface area contributed by atoms with Crippen molar-refractivity contribution in [1.82, 2.24) is 14.8 Å². The summed E-state index contributed by atoms with van der Waals surface area (Å²) < 4.78 is 8.45. The summed E-state index contributed by atoms with van der Waals surface area (Å²) in [5.41, 5.74) is 0. The zero-order chi connectivity index (χ0) is 11.1. The zero-order valence-electron chi connectivity index (χ0n) is 9.06. The maximum absolute atomic E-state index is 5.70. The van der Waals surface area contributed by atoms with Crippen LogP contribution in [-0.2, 0) is 6.42 Å². The van der Waals surface area contributed by atoms with E-state index in [1.165, 1.54) is 12.8 Å². The lowest BCUT2D eigenvalue weighted by atomic mass is 10.3. The Morgan fingerprint density at radius 1 is 1.56 bits per heavy atom. The van der Waals surface area contributed by atoms with Crippen LogP contribution in [0.3, 0.4) is 0 Å². The number of furan rings is 1. The molecule has 2 heterocycles. The molecule has 84 valence electrons. The number of rotatable bonds is 3. The maximum atomic E-state index is 5.70. The number of aryl methyl sites for hydroxylation is 1. The third-order valence-electron chi connectivity index (χ3n) is 2.85. The summed E-state index contributed by atoms with van der Waals surface area (Å²) in [5, 5.41) is 7.09. The van der Waals surface area contributed by atoms with Gasteiger partial charge in [-0.25, -0.2) is 0 Å². The summed E-state index contributed by atoms with van der Waals surface area (Å²) in [6.07, 6.45) is 3.26. The van der Waals surface area contributed by atoms with Crippen molar-refractivity contribution in [3.05, 3.63) is 22.7 Å². The van der Waals surface area contributed by atoms with E-state index in [4.69, 9.17) is 16.6 Å². The van der Waals surface area contributed by atoms with E-state index >= 15 is 0 Å². The van der Waals surface area contributed by atoms with Gasteiger partial charge in [-0.05, 0) is 37.2 Å². The lowest BCUT2D eigenvalue weighted by molar-refractivity contribution is 0.520. The van der Waals surface area contributed by atoms with Crippen LogP contribution in [0.25, 0.3) is 11.6 Å². The van der Waals surface area contributed by atoms with Crippen molar-refractivity contribution in [2.75, 3.05) is 0 Å². The van der Waals surface area contributed by atoms with Gasteiger partial charge in [-0.3, -0.25) is 9.67 Å². The van der Waals surface area contributed by atoms with Gasteiger partial charge in [0.2, 0.25) is 0 Å². The fourth-order valence-corrected chi connectivity index (χ4v) is 2.12. The Morgan fingerprint density at radius 3 is 3.00 bits per heavy atom. The fourth-order valence-electron chi connectivity index (χ4n) is 1.84. The summed E-state index contributed by atoms with van der Waals surface area (Å²) in [5.74, 6) is 2.61. The van der Waals surface area contributed by atoms with Crippen LogP contribution in [0.2, 0.25) is 0 Å². The van der Waals surface area contributed by atoms with Crippen molar-refractivity contribution in [2.24, 2.45) is 0 Å². The molecular weight excluding hydrogens is 222 g/mol. The number of nitrogens with zero attached hydrogens (tertiary/aromatic N) is 2. The highest BCUT2D eigenvalue weighted by Gasteiger charge is 2.28. The molecule has 1 aliphatic rings. The predicted octanol–water partition coefficient (Wildman–Crippen LogP) is 3.10. The van der Waals surface area contributed by atoms with Crippen molar-refractivity contribution in [3.8, 4) is 11.6 Å². The van der Waals surface area contributed by atoms with Gasteiger partial charge in [-0.2, -0.15) is 5.10 Å². The molecular formula is C11H13N3OS. The fraction of sp³-hybridized carbons (Fsp3) is 0.455. The van der Waals surface area contributed by atoms with E-state index in [0.29, 0.717) is 10.8 Å². The highest BCUT2D eigenvalue weighted by Crippen LogP contribution is 2.38. The summed E-state index contributed by atoms with van der Waals surface area (Å²) in [7, 11) is 0. The predicted molar refractivity (Wildman–Crippen MR) is 62.8 cm³/mol. The molecule has 0 aromatic carbocycles. The molecule has 2 aromatic heterocycles. The van der Waals surface area contributed by atoms with E-state index in [9.17, 15) is 0 Å². The largest absolute Gasteiger partial charge is 0.458 e. The van der Waals surface area contributed by atoms with E-state index in [1.807, 2.05) is 12.1 Å². The van der Waals surface area contributed by atoms with Crippen LogP contribution in [0.5, 0.6) is 0 Å². The molecule has 0 bridgehead atoms. The second kappa shape index (κ2) is 3.59. The number of hydrogen-bond donors (Lipinski definition) is 1. The van der Waals surface area contributed by atoms with Crippen molar-refractivity contribution >= 4 is 12.2 Å². The Bertz CT molecular complexity index is 562. The van der Waals surface area contributed by atoms with E-state index in [0.717, 1.165) is 23.8 Å². The van der Waals surface area contributed by atoms with Gasteiger partial charge in [0.05, 0.1) is 0 Å². The number of hydrogen-bond acceptors (Lipinski definition) is 3. The first kappa shape index (κ1) is 9.84. The highest BCUT2D eigenvalue weighted by atomic mass is 32.1. The second-order valence-corrected chi connectivity index (χ2v) is 4.46. The summed E-state index contributed by atoms with van der Waals surface area (Å²) in [6.45, 7) is 2.07. The molecule has 0 atom stereocenters. The monoisotopic (exact) mass is 235 g/mol. The Balaban J connectivity index is 2.08. The molecule has 0 radical (unpaired) electrons. The molecule has 0 amide bonds. The molecule has 16 heavy (non-hydrogen) atoms. The summed E-state index contributed by atoms with van der Waals surface area (Å²) >= 11 is 5.23. The van der Waals surface area contributed by atoms with E-state index in [2.05, 4.69) is 21.7 Å². The third-order valence-corrected chi connectivity index (χ3v) is 3.13. The molecule has 1 aliphatic carbocycles. The molecule has 2 aromatic rings. The van der Waals surface area contributed by atoms with Gasteiger partial charge in [-0.1, -0.05) is 6.92 Å². The Kier molecular flexibility index (Phi) is 2.21. The average molecular weight is 235 g/mol. The van der Waals surface area contributed by atoms with Crippen LogP contribution in [-0.4, -0.2) is 14.8 Å². The molecule has 0 spiro atoms. The van der Waals surface area contributed by atoms with E-state index in [1.54, 1.807) is 0 Å². The Labute approximate surface area is 98.3 Å². The van der Waals surface area contributed by atoms with Gasteiger partial charge in [-0.15, -0.1) is 0 Å². The number of H-pyrrole nitrogens is 1. The number of nitrogens with one attached hydrogen (secondary N) is 1. The van der Waals surface area contributed by atoms with Crippen LogP contribution >= 0.6 is 12.2 Å². The first-order chi connectivity index (χ1) is 7.79. The minimum Gasteiger partial charge on any atom is -0.458 e. The van der Waals surface area contributed by atoms with Crippen molar-refractivity contribution < 1.29 is 4.42 Å². The zero-order valence-corrected chi connectivity index (χ0v) is 9.88. The number of aromatic amines is 1. The molecule has 1 fully saturated rings. The third kappa shape index (κ3) is 1.51. The normalized spacial score (nSPS) is 15.6. The average Bonchev–Trinajstić information content (AvgIpc) is 2.88. The minimum atomic E-state index is 0.511. The van der Waals surface area contributed by atoms with Crippen LogP contribution in [0.15, 0.2) is 16.5 Å². The standard InChI is InChI=1S/C11H13N3OS/c1-2-8-5-6-9(15-8)10-12-13-11(16)14(10)7-3-4-7/h5-7H,2-4H2,1H3,(H,13,16). The quantitative estimate of drug-likeness (QED) is 0.831. The van der Waals surface area contributed by atoms with Crippen molar-refractivity contribution in [3.63, 3.8) is 0 Å². The summed E-state index contributed by atoms with van der Waals surface area (Å²) in [4.78, 5) is 0. The lowest BCUT2D eigenvalue weighted by Crippen LogP contribution is -1.96. The van der Waals surface area contributed by atoms with Crippen LogP contribution < -0.4 is 0 Å². The molecule has 1 N–H and O–H groups in total. The van der Waals surface area contributed by atoms with Gasteiger partial charge in [0.1, 0.15) is 5.76 Å². The van der Waals surface area contributed by atoms with Gasteiger partial charge in [0.15, 0.2) is 16.4 Å². The number of aromatic nitrogens is 3. The van der Waals surface area contributed by atoms with Crippen LogP contribution in [0.1, 0.15) is 31.6 Å². The van der Waals surface area contributed by atoms with Gasteiger partial charge < -0.3 is 4.42 Å². The van der Waals surface area contributed by atoms with E-state index in [-0.39, 0.29) is 0 Å². The first-order valence-corrected chi connectivity index (χ1v) is 5.96. The highest BCUT2D eigenvalue weighted by molar-refractivity contribution is 7.71. The molecule has 4 nitrogen and oxygen atoms in total. The van der Waals surface area contributed by atoms with Crippen molar-refractivity contribution in [2.45, 2.75) is 32.2 Å². The lowest BCUT2D eigenvalue weighted by Gasteiger charge is -2.01. The molecule has 0 saturated heterocycles. The SMILES string of the molecule is CCc1ccc(-c2n[nH]c(=S)n2C2CC2)o1. The minimum absolute atomic E-state index is 0.511. The maximum Gasteiger partial charge on any atom is 0.198 e. The molecule has 1 saturated carbocycles. The Morgan fingerprint density at radius 2 is 2.38 bits per heavy atom. The summed E-state index contributed by atoms with van der Waals surface area (Å²) in [6, 6.07) is 4.46. The Hall–Kier alpha value is -1.36. The second-order valence-electron chi connectivity index (χ2n) is 4.07. The molecule has 0 aliphatic heterocycles. The molecule has 3 rings (SSSR count). The van der Waals surface area contributed by atoms with Crippen molar-refractivity contribution in [1.29, 1.82) is 0 Å². The van der Waals surface area contributed by atoms with Crippen LogP contribution in [0.4, 0.5) is 0 Å². The first-order valence-electron chi connectivity index (χ1n) is 5.55.